The first-order valence-electron chi connectivity index (χ1n) is 6.81. The van der Waals surface area contributed by atoms with Crippen molar-refractivity contribution in [2.75, 3.05) is 0 Å². The van der Waals surface area contributed by atoms with E-state index >= 15 is 0 Å². The fourth-order valence-electron chi connectivity index (χ4n) is 2.53. The third-order valence-corrected chi connectivity index (χ3v) is 4.48. The molecule has 1 unspecified atom stereocenters. The summed E-state index contributed by atoms with van der Waals surface area (Å²) in [7, 11) is 0. The molecule has 1 heterocycles. The lowest BCUT2D eigenvalue weighted by Crippen LogP contribution is -2.35. The van der Waals surface area contributed by atoms with Crippen LogP contribution in [0, 0.1) is 0 Å². The zero-order valence-corrected chi connectivity index (χ0v) is 11.9. The second kappa shape index (κ2) is 5.77. The van der Waals surface area contributed by atoms with E-state index in [2.05, 4.69) is 11.0 Å². The van der Waals surface area contributed by atoms with Gasteiger partial charge in [0.05, 0.1) is 0 Å². The summed E-state index contributed by atoms with van der Waals surface area (Å²) < 4.78 is 0. The Bertz CT molecular complexity index is 563. The first-order chi connectivity index (χ1) is 9.75. The number of rotatable bonds is 6. The highest BCUT2D eigenvalue weighted by atomic mass is 32.1. The highest BCUT2D eigenvalue weighted by Crippen LogP contribution is 2.36. The highest BCUT2D eigenvalue weighted by Gasteiger charge is 2.38. The molecule has 1 N–H and O–H groups in total. The molecule has 2 aromatic rings. The van der Waals surface area contributed by atoms with Crippen LogP contribution in [0.2, 0.25) is 0 Å². The molecule has 0 bridgehead atoms. The van der Waals surface area contributed by atoms with Gasteiger partial charge in [0.25, 0.3) is 0 Å². The number of nitrogens with zero attached hydrogens (tertiary/aromatic N) is 1. The number of carboxylic acid groups (broad SMARTS) is 1. The summed E-state index contributed by atoms with van der Waals surface area (Å²) in [4.78, 5) is 15.1. The molecule has 104 valence electrons. The highest BCUT2D eigenvalue weighted by molar-refractivity contribution is 7.09. The maximum absolute atomic E-state index is 11.8. The third kappa shape index (κ3) is 2.92. The Morgan fingerprint density at radius 2 is 2.00 bits per heavy atom. The second-order valence-corrected chi connectivity index (χ2v) is 6.17. The Labute approximate surface area is 122 Å². The van der Waals surface area contributed by atoms with Crippen LogP contribution in [-0.4, -0.2) is 22.0 Å². The summed E-state index contributed by atoms with van der Waals surface area (Å²) >= 11 is 1.69. The summed E-state index contributed by atoms with van der Waals surface area (Å²) in [5, 5.41) is 11.7. The molecule has 4 heteroatoms. The number of carboxylic acids is 1. The van der Waals surface area contributed by atoms with Gasteiger partial charge in [-0.05, 0) is 29.9 Å². The van der Waals surface area contributed by atoms with Gasteiger partial charge in [-0.2, -0.15) is 0 Å². The van der Waals surface area contributed by atoms with E-state index in [9.17, 15) is 9.90 Å². The molecule has 1 aromatic carbocycles. The zero-order chi connectivity index (χ0) is 13.9. The molecular weight excluding hydrogens is 270 g/mol. The first kappa shape index (κ1) is 13.3. The summed E-state index contributed by atoms with van der Waals surface area (Å²) in [6.45, 7) is 0.716. The van der Waals surface area contributed by atoms with Gasteiger partial charge in [0.1, 0.15) is 6.04 Å². The average Bonchev–Trinajstić information content (AvgIpc) is 3.17. The molecule has 3 rings (SSSR count). The topological polar surface area (TPSA) is 40.5 Å². The number of hydrogen-bond donors (Lipinski definition) is 1. The van der Waals surface area contributed by atoms with Gasteiger partial charge in [-0.3, -0.25) is 9.69 Å². The monoisotopic (exact) mass is 287 g/mol. The summed E-state index contributed by atoms with van der Waals surface area (Å²) in [5.74, 6) is -0.764. The summed E-state index contributed by atoms with van der Waals surface area (Å²) in [6, 6.07) is 13.5. The van der Waals surface area contributed by atoms with Crippen molar-refractivity contribution in [1.82, 2.24) is 4.90 Å². The summed E-state index contributed by atoms with van der Waals surface area (Å²) in [5.41, 5.74) is 0.864. The van der Waals surface area contributed by atoms with Crippen molar-refractivity contribution in [3.8, 4) is 0 Å². The molecule has 0 saturated heterocycles. The van der Waals surface area contributed by atoms with Crippen molar-refractivity contribution in [1.29, 1.82) is 0 Å². The minimum atomic E-state index is -0.764. The molecule has 1 aliphatic carbocycles. The number of carbonyl (C=O) groups is 1. The van der Waals surface area contributed by atoms with Crippen LogP contribution < -0.4 is 0 Å². The molecule has 0 radical (unpaired) electrons. The Morgan fingerprint density at radius 3 is 2.55 bits per heavy atom. The van der Waals surface area contributed by atoms with E-state index in [0.29, 0.717) is 12.6 Å². The quantitative estimate of drug-likeness (QED) is 0.883. The van der Waals surface area contributed by atoms with Crippen molar-refractivity contribution in [2.45, 2.75) is 31.5 Å². The Kier molecular flexibility index (Phi) is 3.85. The largest absolute Gasteiger partial charge is 0.480 e. The van der Waals surface area contributed by atoms with Crippen molar-refractivity contribution < 1.29 is 9.90 Å². The second-order valence-electron chi connectivity index (χ2n) is 5.13. The van der Waals surface area contributed by atoms with Gasteiger partial charge in [-0.25, -0.2) is 0 Å². The van der Waals surface area contributed by atoms with Gasteiger partial charge in [-0.1, -0.05) is 36.4 Å². The van der Waals surface area contributed by atoms with E-state index in [1.54, 1.807) is 11.3 Å². The van der Waals surface area contributed by atoms with Gasteiger partial charge in [0.15, 0.2) is 0 Å². The molecular formula is C16H17NO2S. The lowest BCUT2D eigenvalue weighted by molar-refractivity contribution is -0.144. The van der Waals surface area contributed by atoms with Crippen LogP contribution in [0.5, 0.6) is 0 Å². The van der Waals surface area contributed by atoms with E-state index in [1.807, 2.05) is 41.8 Å². The smallest absolute Gasteiger partial charge is 0.325 e. The van der Waals surface area contributed by atoms with Crippen molar-refractivity contribution >= 4 is 17.3 Å². The number of benzene rings is 1. The van der Waals surface area contributed by atoms with Crippen LogP contribution in [0.4, 0.5) is 0 Å². The van der Waals surface area contributed by atoms with E-state index in [-0.39, 0.29) is 0 Å². The fraction of sp³-hybridized carbons (Fsp3) is 0.312. The van der Waals surface area contributed by atoms with Gasteiger partial charge < -0.3 is 5.11 Å². The number of aliphatic carboxylic acids is 1. The van der Waals surface area contributed by atoms with Gasteiger partial charge in [0.2, 0.25) is 0 Å². The Balaban J connectivity index is 1.88. The molecule has 0 spiro atoms. The SMILES string of the molecule is O=C(O)C(c1ccccc1)N(Cc1cccs1)C1CC1. The van der Waals surface area contributed by atoms with Gasteiger partial charge in [0, 0.05) is 17.5 Å². The number of thiophene rings is 1. The van der Waals surface area contributed by atoms with E-state index in [4.69, 9.17) is 0 Å². The van der Waals surface area contributed by atoms with Gasteiger partial charge in [-0.15, -0.1) is 11.3 Å². The first-order valence-corrected chi connectivity index (χ1v) is 7.69. The molecule has 0 aliphatic heterocycles. The predicted octanol–water partition coefficient (Wildman–Crippen LogP) is 3.54. The molecule has 1 aliphatic rings. The fourth-order valence-corrected chi connectivity index (χ4v) is 3.24. The molecule has 0 amide bonds. The maximum atomic E-state index is 11.8. The van der Waals surface area contributed by atoms with Crippen LogP contribution in [0.3, 0.4) is 0 Å². The predicted molar refractivity (Wildman–Crippen MR) is 79.7 cm³/mol. The summed E-state index contributed by atoms with van der Waals surface area (Å²) in [6.07, 6.45) is 2.20. The van der Waals surface area contributed by atoms with E-state index in [1.165, 1.54) is 4.88 Å². The standard InChI is InChI=1S/C16H17NO2S/c18-16(19)15(12-5-2-1-3-6-12)17(13-8-9-13)11-14-7-4-10-20-14/h1-7,10,13,15H,8-9,11H2,(H,18,19). The Morgan fingerprint density at radius 1 is 1.25 bits per heavy atom. The molecule has 1 atom stereocenters. The normalized spacial score (nSPS) is 16.2. The third-order valence-electron chi connectivity index (χ3n) is 3.62. The van der Waals surface area contributed by atoms with Crippen LogP contribution in [-0.2, 0) is 11.3 Å². The molecule has 1 aromatic heterocycles. The maximum Gasteiger partial charge on any atom is 0.325 e. The van der Waals surface area contributed by atoms with E-state index in [0.717, 1.165) is 18.4 Å². The van der Waals surface area contributed by atoms with Crippen LogP contribution >= 0.6 is 11.3 Å². The lowest BCUT2D eigenvalue weighted by atomic mass is 10.0. The van der Waals surface area contributed by atoms with E-state index < -0.39 is 12.0 Å². The molecule has 1 saturated carbocycles. The van der Waals surface area contributed by atoms with Crippen LogP contribution in [0.25, 0.3) is 0 Å². The molecule has 3 nitrogen and oxygen atoms in total. The van der Waals surface area contributed by atoms with Crippen LogP contribution in [0.15, 0.2) is 47.8 Å². The Hall–Kier alpha value is -1.65. The minimum Gasteiger partial charge on any atom is -0.480 e. The van der Waals surface area contributed by atoms with Crippen molar-refractivity contribution in [3.05, 3.63) is 58.3 Å². The molecule has 1 fully saturated rings. The zero-order valence-electron chi connectivity index (χ0n) is 11.1. The van der Waals surface area contributed by atoms with Crippen molar-refractivity contribution in [3.63, 3.8) is 0 Å². The minimum absolute atomic E-state index is 0.401. The van der Waals surface area contributed by atoms with Crippen molar-refractivity contribution in [2.24, 2.45) is 0 Å². The molecule has 20 heavy (non-hydrogen) atoms. The van der Waals surface area contributed by atoms with Crippen LogP contribution in [0.1, 0.15) is 29.3 Å². The average molecular weight is 287 g/mol. The number of hydrogen-bond acceptors (Lipinski definition) is 3. The lowest BCUT2D eigenvalue weighted by Gasteiger charge is -2.28. The van der Waals surface area contributed by atoms with Gasteiger partial charge >= 0.3 is 5.97 Å².